The van der Waals surface area contributed by atoms with E-state index in [1.165, 1.54) is 4.90 Å². The van der Waals surface area contributed by atoms with E-state index in [9.17, 15) is 19.5 Å². The van der Waals surface area contributed by atoms with Gasteiger partial charge in [-0.05, 0) is 56.2 Å². The first-order chi connectivity index (χ1) is 20.8. The van der Waals surface area contributed by atoms with E-state index < -0.39 is 29.1 Å². The van der Waals surface area contributed by atoms with Gasteiger partial charge in [-0.1, -0.05) is 55.0 Å². The zero-order valence-corrected chi connectivity index (χ0v) is 25.1. The van der Waals surface area contributed by atoms with Crippen LogP contribution in [0.4, 0.5) is 11.4 Å². The number of aliphatic hydroxyl groups is 1. The maximum atomic E-state index is 14.6. The quantitative estimate of drug-likeness (QED) is 0.457. The van der Waals surface area contributed by atoms with Gasteiger partial charge in [0.05, 0.1) is 34.8 Å². The van der Waals surface area contributed by atoms with E-state index in [2.05, 4.69) is 0 Å². The van der Waals surface area contributed by atoms with Crippen molar-refractivity contribution in [2.45, 2.75) is 43.9 Å². The van der Waals surface area contributed by atoms with Crippen LogP contribution in [0.5, 0.6) is 5.75 Å². The molecule has 4 aliphatic rings. The minimum atomic E-state index is -1.39. The molecule has 0 aromatic heterocycles. The third kappa shape index (κ3) is 4.56. The number of halogens is 1. The van der Waals surface area contributed by atoms with Gasteiger partial charge in [0.1, 0.15) is 17.4 Å². The van der Waals surface area contributed by atoms with E-state index in [4.69, 9.17) is 21.1 Å². The number of hydrogen-bond donors (Lipinski definition) is 1. The van der Waals surface area contributed by atoms with Crippen LogP contribution >= 0.6 is 11.6 Å². The van der Waals surface area contributed by atoms with Gasteiger partial charge in [-0.25, -0.2) is 0 Å². The van der Waals surface area contributed by atoms with Crippen LogP contribution in [-0.4, -0.2) is 77.8 Å². The Hall–Kier alpha value is -3.66. The van der Waals surface area contributed by atoms with Crippen molar-refractivity contribution in [2.75, 3.05) is 42.6 Å². The van der Waals surface area contributed by atoms with Crippen molar-refractivity contribution in [1.82, 2.24) is 4.90 Å². The average Bonchev–Trinajstić information content (AvgIpc) is 3.29. The van der Waals surface area contributed by atoms with Crippen molar-refractivity contribution in [3.05, 3.63) is 77.9 Å². The van der Waals surface area contributed by atoms with Gasteiger partial charge in [0, 0.05) is 31.9 Å². The number of carbonyl (C=O) groups excluding carboxylic acids is 3. The zero-order chi connectivity index (χ0) is 30.4. The molecule has 2 saturated heterocycles. The van der Waals surface area contributed by atoms with Crippen molar-refractivity contribution < 1.29 is 29.0 Å². The Balaban J connectivity index is 1.45. The van der Waals surface area contributed by atoms with Crippen LogP contribution in [0.15, 0.2) is 72.8 Å². The Morgan fingerprint density at radius 3 is 2.35 bits per heavy atom. The smallest absolute Gasteiger partial charge is 0.253 e. The van der Waals surface area contributed by atoms with E-state index in [0.29, 0.717) is 41.7 Å². The summed E-state index contributed by atoms with van der Waals surface area (Å²) in [5, 5.41) is 10.1. The second kappa shape index (κ2) is 11.4. The van der Waals surface area contributed by atoms with Crippen LogP contribution in [-0.2, 0) is 19.1 Å². The highest BCUT2D eigenvalue weighted by atomic mass is 35.5. The molecule has 2 fully saturated rings. The molecular weight excluding hydrogens is 570 g/mol. The molecule has 4 heterocycles. The summed E-state index contributed by atoms with van der Waals surface area (Å²) in [7, 11) is 0. The molecule has 0 bridgehead atoms. The summed E-state index contributed by atoms with van der Waals surface area (Å²) in [5.74, 6) is -2.01. The fourth-order valence-corrected chi connectivity index (χ4v) is 7.49. The number of rotatable bonds is 8. The van der Waals surface area contributed by atoms with Gasteiger partial charge in [-0.15, -0.1) is 0 Å². The van der Waals surface area contributed by atoms with Crippen molar-refractivity contribution >= 4 is 40.7 Å². The molecule has 1 N–H and O–H groups in total. The van der Waals surface area contributed by atoms with E-state index >= 15 is 0 Å². The van der Waals surface area contributed by atoms with Crippen LogP contribution < -0.4 is 14.5 Å². The van der Waals surface area contributed by atoms with Crippen molar-refractivity contribution in [3.63, 3.8) is 0 Å². The number of ether oxygens (including phenoxy) is 2. The zero-order valence-electron chi connectivity index (χ0n) is 24.3. The predicted octanol–water partition coefficient (Wildman–Crippen LogP) is 3.99. The number of nitrogens with zero attached hydrogens (tertiary/aromatic N) is 3. The molecule has 0 saturated carbocycles. The first-order valence-corrected chi connectivity index (χ1v) is 15.3. The molecule has 3 amide bonds. The molecule has 4 aliphatic heterocycles. The Labute approximate surface area is 256 Å². The standard InChI is InChI=1S/C33H36ClN3O6/c1-3-32-16-7-18-35(22-12-14-23(15-13-22)42-4-2)29(39)26(32)27-30(40)37(20-9-21-38)28-31(41)36(19-8-17-33(27,28)43-32)25-11-6-5-10-24(25)34/h5-8,10-17,26-28,38H,3-4,9,18-21H2,1-2H3/t26-,27-,28?,32+,33-/m0/s1. The van der Waals surface area contributed by atoms with Gasteiger partial charge in [-0.2, -0.15) is 0 Å². The summed E-state index contributed by atoms with van der Waals surface area (Å²) in [4.78, 5) is 48.4. The highest BCUT2D eigenvalue weighted by Crippen LogP contribution is 2.59. The van der Waals surface area contributed by atoms with E-state index in [1.807, 2.05) is 62.4 Å². The normalized spacial score (nSPS) is 29.8. The largest absolute Gasteiger partial charge is 0.494 e. The highest BCUT2D eigenvalue weighted by Gasteiger charge is 2.75. The summed E-state index contributed by atoms with van der Waals surface area (Å²) in [5.41, 5.74) is -1.27. The number of likely N-dealkylation sites (tertiary alicyclic amines) is 1. The van der Waals surface area contributed by atoms with Crippen LogP contribution in [0.25, 0.3) is 0 Å². The average molecular weight is 606 g/mol. The van der Waals surface area contributed by atoms with Crippen LogP contribution in [0.2, 0.25) is 5.02 Å². The molecule has 2 aromatic carbocycles. The minimum Gasteiger partial charge on any atom is -0.494 e. The van der Waals surface area contributed by atoms with Crippen LogP contribution in [0.1, 0.15) is 26.7 Å². The lowest BCUT2D eigenvalue weighted by Gasteiger charge is -2.38. The fourth-order valence-electron chi connectivity index (χ4n) is 7.25. The van der Waals surface area contributed by atoms with Gasteiger partial charge in [0.25, 0.3) is 5.91 Å². The molecule has 1 spiro atoms. The van der Waals surface area contributed by atoms with Crippen molar-refractivity contribution in [1.29, 1.82) is 0 Å². The van der Waals surface area contributed by atoms with E-state index in [-0.39, 0.29) is 43.8 Å². The number of anilines is 2. The highest BCUT2D eigenvalue weighted by molar-refractivity contribution is 6.34. The third-order valence-corrected chi connectivity index (χ3v) is 9.42. The second-order valence-corrected chi connectivity index (χ2v) is 11.7. The molecule has 2 aromatic rings. The maximum absolute atomic E-state index is 14.6. The lowest BCUT2D eigenvalue weighted by molar-refractivity contribution is -0.145. The van der Waals surface area contributed by atoms with Gasteiger partial charge in [-0.3, -0.25) is 14.4 Å². The molecular formula is C33H36ClN3O6. The fraction of sp³-hybridized carbons (Fsp3) is 0.424. The predicted molar refractivity (Wildman–Crippen MR) is 163 cm³/mol. The molecule has 0 aliphatic carbocycles. The van der Waals surface area contributed by atoms with Gasteiger partial charge in [0.2, 0.25) is 11.8 Å². The lowest BCUT2D eigenvalue weighted by atomic mass is 9.73. The number of amides is 3. The van der Waals surface area contributed by atoms with Crippen LogP contribution in [0.3, 0.4) is 0 Å². The first kappa shape index (κ1) is 29.4. The maximum Gasteiger partial charge on any atom is 0.253 e. The molecule has 226 valence electrons. The molecule has 43 heavy (non-hydrogen) atoms. The Morgan fingerprint density at radius 2 is 1.65 bits per heavy atom. The number of aliphatic hydroxyl groups excluding tert-OH is 1. The van der Waals surface area contributed by atoms with Crippen molar-refractivity contribution in [2.24, 2.45) is 11.8 Å². The van der Waals surface area contributed by atoms with E-state index in [0.717, 1.165) is 0 Å². The molecule has 6 rings (SSSR count). The number of para-hydroxylation sites is 1. The number of hydrogen-bond acceptors (Lipinski definition) is 6. The van der Waals surface area contributed by atoms with Crippen molar-refractivity contribution in [3.8, 4) is 5.75 Å². The van der Waals surface area contributed by atoms with Crippen LogP contribution in [0, 0.1) is 11.8 Å². The molecule has 10 heteroatoms. The summed E-state index contributed by atoms with van der Waals surface area (Å²) in [6.07, 6.45) is 8.20. The summed E-state index contributed by atoms with van der Waals surface area (Å²) < 4.78 is 12.6. The first-order valence-electron chi connectivity index (χ1n) is 14.9. The SMILES string of the molecule is CCOc1ccc(N2CC=C[C@@]3(CC)O[C@]45C=CCN(c6ccccc6Cl)C(=O)C4N(CCCO)C(=O)[C@@H]5[C@H]3C2=O)cc1. The third-order valence-electron chi connectivity index (χ3n) is 9.10. The molecule has 9 nitrogen and oxygen atoms in total. The topological polar surface area (TPSA) is 99.6 Å². The number of carbonyl (C=O) groups is 3. The summed E-state index contributed by atoms with van der Waals surface area (Å²) in [6, 6.07) is 13.4. The van der Waals surface area contributed by atoms with Gasteiger partial charge in [0.15, 0.2) is 0 Å². The Kier molecular flexibility index (Phi) is 7.83. The lowest BCUT2D eigenvalue weighted by Crippen LogP contribution is -2.56. The number of fused-ring (bicyclic) bond motifs is 2. The minimum absolute atomic E-state index is 0.149. The second-order valence-electron chi connectivity index (χ2n) is 11.3. The monoisotopic (exact) mass is 605 g/mol. The summed E-state index contributed by atoms with van der Waals surface area (Å²) in [6.45, 7) is 4.92. The summed E-state index contributed by atoms with van der Waals surface area (Å²) >= 11 is 6.53. The van der Waals surface area contributed by atoms with Gasteiger partial charge < -0.3 is 29.3 Å². The van der Waals surface area contributed by atoms with Gasteiger partial charge >= 0.3 is 0 Å². The van der Waals surface area contributed by atoms with E-state index in [1.54, 1.807) is 34.1 Å². The molecule has 0 radical (unpaired) electrons. The Bertz CT molecular complexity index is 1480. The molecule has 1 unspecified atom stereocenters. The molecule has 5 atom stereocenters. The Morgan fingerprint density at radius 1 is 0.930 bits per heavy atom. The number of benzene rings is 2.